The summed E-state index contributed by atoms with van der Waals surface area (Å²) >= 11 is 6.13. The minimum Gasteiger partial charge on any atom is -0.369 e. The molecule has 2 rings (SSSR count). The molecular weight excluding hydrogens is 244 g/mol. The van der Waals surface area contributed by atoms with Crippen molar-refractivity contribution >= 4 is 17.3 Å². The molecule has 1 saturated heterocycles. The van der Waals surface area contributed by atoms with Gasteiger partial charge in [-0.25, -0.2) is 0 Å². The lowest BCUT2D eigenvalue weighted by atomic mass is 10.1. The highest BCUT2D eigenvalue weighted by atomic mass is 35.5. The second-order valence-electron chi connectivity index (χ2n) is 4.88. The van der Waals surface area contributed by atoms with E-state index in [4.69, 9.17) is 16.9 Å². The zero-order chi connectivity index (χ0) is 13.0. The minimum atomic E-state index is 0.559. The monoisotopic (exact) mass is 262 g/mol. The highest BCUT2D eigenvalue weighted by Crippen LogP contribution is 2.29. The highest BCUT2D eigenvalue weighted by Gasteiger charge is 2.20. The van der Waals surface area contributed by atoms with Crippen LogP contribution in [0.3, 0.4) is 0 Å². The zero-order valence-electron chi connectivity index (χ0n) is 10.8. The molecule has 2 nitrogen and oxygen atoms in total. The summed E-state index contributed by atoms with van der Waals surface area (Å²) in [4.78, 5) is 2.46. The number of halogens is 1. The first kappa shape index (κ1) is 13.2. The standard InChI is InChI=1S/C15H19ClN2/c1-2-13-6-4-3-5-9-18(13)14-8-7-12(11-17)15(16)10-14/h7-8,10,13H,2-6,9H2,1H3. The van der Waals surface area contributed by atoms with Crippen molar-refractivity contribution in [1.82, 2.24) is 0 Å². The quantitative estimate of drug-likeness (QED) is 0.791. The Hall–Kier alpha value is -1.20. The Balaban J connectivity index is 2.28. The van der Waals surface area contributed by atoms with E-state index in [-0.39, 0.29) is 0 Å². The van der Waals surface area contributed by atoms with E-state index < -0.39 is 0 Å². The van der Waals surface area contributed by atoms with Gasteiger partial charge >= 0.3 is 0 Å². The second-order valence-corrected chi connectivity index (χ2v) is 5.29. The van der Waals surface area contributed by atoms with Gasteiger partial charge in [-0.2, -0.15) is 5.26 Å². The molecule has 1 atom stereocenters. The number of nitriles is 1. The fraction of sp³-hybridized carbons (Fsp3) is 0.533. The van der Waals surface area contributed by atoms with Gasteiger partial charge in [-0.1, -0.05) is 31.4 Å². The maximum atomic E-state index is 8.91. The van der Waals surface area contributed by atoms with Crippen LogP contribution in [0, 0.1) is 11.3 Å². The van der Waals surface area contributed by atoms with Gasteiger partial charge in [-0.05, 0) is 37.5 Å². The molecule has 0 radical (unpaired) electrons. The van der Waals surface area contributed by atoms with Gasteiger partial charge in [0.1, 0.15) is 6.07 Å². The first-order valence-corrected chi connectivity index (χ1v) is 7.10. The minimum absolute atomic E-state index is 0.559. The van der Waals surface area contributed by atoms with E-state index >= 15 is 0 Å². The van der Waals surface area contributed by atoms with E-state index in [1.165, 1.54) is 25.7 Å². The fourth-order valence-electron chi connectivity index (χ4n) is 2.72. The number of rotatable bonds is 2. The average molecular weight is 263 g/mol. The van der Waals surface area contributed by atoms with Crippen LogP contribution in [0.25, 0.3) is 0 Å². The average Bonchev–Trinajstić information content (AvgIpc) is 2.63. The molecule has 1 fully saturated rings. The molecular formula is C15H19ClN2. The van der Waals surface area contributed by atoms with Crippen molar-refractivity contribution in [3.8, 4) is 6.07 Å². The molecule has 0 aromatic heterocycles. The summed E-state index contributed by atoms with van der Waals surface area (Å²) in [5.74, 6) is 0. The van der Waals surface area contributed by atoms with Crippen LogP contribution in [0.5, 0.6) is 0 Å². The number of nitrogens with zero attached hydrogens (tertiary/aromatic N) is 2. The third-order valence-electron chi connectivity index (χ3n) is 3.75. The van der Waals surface area contributed by atoms with Crippen LogP contribution in [-0.4, -0.2) is 12.6 Å². The molecule has 0 N–H and O–H groups in total. The lowest BCUT2D eigenvalue weighted by Crippen LogP contribution is -2.34. The molecule has 96 valence electrons. The summed E-state index contributed by atoms with van der Waals surface area (Å²) in [5.41, 5.74) is 1.72. The maximum Gasteiger partial charge on any atom is 0.101 e. The van der Waals surface area contributed by atoms with Crippen LogP contribution in [-0.2, 0) is 0 Å². The molecule has 1 aromatic rings. The summed E-state index contributed by atoms with van der Waals surface area (Å²) in [7, 11) is 0. The van der Waals surface area contributed by atoms with E-state index in [2.05, 4.69) is 17.9 Å². The van der Waals surface area contributed by atoms with Crippen LogP contribution in [0.1, 0.15) is 44.6 Å². The normalized spacial score (nSPS) is 20.3. The second kappa shape index (κ2) is 6.11. The van der Waals surface area contributed by atoms with E-state index in [1.807, 2.05) is 18.2 Å². The Kier molecular flexibility index (Phi) is 4.49. The van der Waals surface area contributed by atoms with Crippen LogP contribution >= 0.6 is 11.6 Å². The van der Waals surface area contributed by atoms with Crippen LogP contribution in [0.15, 0.2) is 18.2 Å². The molecule has 1 unspecified atom stereocenters. The summed E-state index contributed by atoms with van der Waals surface area (Å²) in [6.45, 7) is 3.34. The summed E-state index contributed by atoms with van der Waals surface area (Å²) < 4.78 is 0. The Morgan fingerprint density at radius 3 is 2.89 bits per heavy atom. The molecule has 3 heteroatoms. The Bertz CT molecular complexity index is 450. The van der Waals surface area contributed by atoms with Crippen LogP contribution < -0.4 is 4.90 Å². The van der Waals surface area contributed by atoms with Gasteiger partial charge in [0, 0.05) is 18.3 Å². The molecule has 1 aromatic carbocycles. The van der Waals surface area contributed by atoms with Crippen molar-refractivity contribution in [2.75, 3.05) is 11.4 Å². The van der Waals surface area contributed by atoms with Crippen molar-refractivity contribution in [2.24, 2.45) is 0 Å². The van der Waals surface area contributed by atoms with Gasteiger partial charge in [-0.15, -0.1) is 0 Å². The van der Waals surface area contributed by atoms with E-state index in [0.29, 0.717) is 16.6 Å². The van der Waals surface area contributed by atoms with Crippen LogP contribution in [0.4, 0.5) is 5.69 Å². The summed E-state index contributed by atoms with van der Waals surface area (Å²) in [6.07, 6.45) is 6.30. The third-order valence-corrected chi connectivity index (χ3v) is 4.07. The van der Waals surface area contributed by atoms with Gasteiger partial charge in [0.15, 0.2) is 0 Å². The van der Waals surface area contributed by atoms with Gasteiger partial charge in [0.05, 0.1) is 10.6 Å². The highest BCUT2D eigenvalue weighted by molar-refractivity contribution is 6.32. The van der Waals surface area contributed by atoms with Crippen molar-refractivity contribution in [2.45, 2.75) is 45.1 Å². The van der Waals surface area contributed by atoms with E-state index in [9.17, 15) is 0 Å². The molecule has 1 aliphatic rings. The molecule has 18 heavy (non-hydrogen) atoms. The van der Waals surface area contributed by atoms with E-state index in [0.717, 1.165) is 18.7 Å². The molecule has 1 heterocycles. The lowest BCUT2D eigenvalue weighted by molar-refractivity contribution is 0.556. The molecule has 0 spiro atoms. The largest absolute Gasteiger partial charge is 0.369 e. The molecule has 0 saturated carbocycles. The van der Waals surface area contributed by atoms with Gasteiger partial charge < -0.3 is 4.90 Å². The van der Waals surface area contributed by atoms with Gasteiger partial charge in [0.2, 0.25) is 0 Å². The maximum absolute atomic E-state index is 8.91. The fourth-order valence-corrected chi connectivity index (χ4v) is 2.93. The molecule has 0 aliphatic carbocycles. The smallest absolute Gasteiger partial charge is 0.101 e. The first-order valence-electron chi connectivity index (χ1n) is 6.72. The summed E-state index contributed by atoms with van der Waals surface area (Å²) in [6, 6.07) is 8.51. The number of anilines is 1. The summed E-state index contributed by atoms with van der Waals surface area (Å²) in [5, 5.41) is 9.48. The third kappa shape index (κ3) is 2.79. The van der Waals surface area contributed by atoms with Crippen LogP contribution in [0.2, 0.25) is 5.02 Å². The molecule has 1 aliphatic heterocycles. The van der Waals surface area contributed by atoms with Crippen molar-refractivity contribution in [3.63, 3.8) is 0 Å². The first-order chi connectivity index (χ1) is 8.76. The zero-order valence-corrected chi connectivity index (χ0v) is 11.6. The SMILES string of the molecule is CCC1CCCCCN1c1ccc(C#N)c(Cl)c1. The molecule has 0 bridgehead atoms. The van der Waals surface area contributed by atoms with Crippen molar-refractivity contribution < 1.29 is 0 Å². The number of hydrogen-bond acceptors (Lipinski definition) is 2. The molecule has 0 amide bonds. The number of hydrogen-bond donors (Lipinski definition) is 0. The topological polar surface area (TPSA) is 27.0 Å². The van der Waals surface area contributed by atoms with E-state index in [1.54, 1.807) is 0 Å². The Morgan fingerprint density at radius 1 is 1.39 bits per heavy atom. The van der Waals surface area contributed by atoms with Crippen molar-refractivity contribution in [3.05, 3.63) is 28.8 Å². The predicted molar refractivity (Wildman–Crippen MR) is 76.1 cm³/mol. The Morgan fingerprint density at radius 2 is 2.22 bits per heavy atom. The van der Waals surface area contributed by atoms with Gasteiger partial charge in [0.25, 0.3) is 0 Å². The number of benzene rings is 1. The lowest BCUT2D eigenvalue weighted by Gasteiger charge is -2.31. The Labute approximate surface area is 114 Å². The van der Waals surface area contributed by atoms with Gasteiger partial charge in [-0.3, -0.25) is 0 Å². The van der Waals surface area contributed by atoms with Crippen molar-refractivity contribution in [1.29, 1.82) is 5.26 Å². The predicted octanol–water partition coefficient (Wildman–Crippen LogP) is 4.37.